The molecule has 1 aromatic carbocycles. The first kappa shape index (κ1) is 24.2. The van der Waals surface area contributed by atoms with Crippen molar-refractivity contribution in [2.24, 2.45) is 0 Å². The molecule has 0 bridgehead atoms. The SMILES string of the molecule is Cl.Cl.O=C(NCc1cnccn1)c1cc(NC(=O)c2cc(F)c(F)cc2Cl)n[nH]1. The van der Waals surface area contributed by atoms with Crippen molar-refractivity contribution in [3.05, 3.63) is 70.4 Å². The van der Waals surface area contributed by atoms with E-state index < -0.39 is 23.4 Å². The molecule has 0 saturated heterocycles. The summed E-state index contributed by atoms with van der Waals surface area (Å²) in [7, 11) is 0. The van der Waals surface area contributed by atoms with E-state index in [4.69, 9.17) is 11.6 Å². The van der Waals surface area contributed by atoms with Gasteiger partial charge in [0.15, 0.2) is 17.5 Å². The van der Waals surface area contributed by atoms with Crippen LogP contribution < -0.4 is 10.6 Å². The van der Waals surface area contributed by atoms with Crippen LogP contribution in [0.2, 0.25) is 5.02 Å². The second-order valence-corrected chi connectivity index (χ2v) is 5.65. The highest BCUT2D eigenvalue weighted by atomic mass is 35.5. The van der Waals surface area contributed by atoms with E-state index in [1.807, 2.05) is 0 Å². The van der Waals surface area contributed by atoms with Crippen LogP contribution in [-0.4, -0.2) is 32.0 Å². The Morgan fingerprint density at radius 2 is 1.79 bits per heavy atom. The second kappa shape index (κ2) is 10.6. The molecule has 0 aliphatic rings. The lowest BCUT2D eigenvalue weighted by Crippen LogP contribution is -2.23. The standard InChI is InChI=1S/C16H11ClF2N6O2.2ClH/c17-10-4-12(19)11(18)3-9(10)15(26)23-14-5-13(24-25-14)16(27)22-7-8-6-20-1-2-21-8;;/h1-6H,7H2,(H,22,27)(H2,23,24,25,26);2*1H. The molecule has 3 rings (SSSR count). The number of nitrogens with one attached hydrogen (secondary N) is 3. The highest BCUT2D eigenvalue weighted by Crippen LogP contribution is 2.21. The largest absolute Gasteiger partial charge is 0.345 e. The van der Waals surface area contributed by atoms with Crippen LogP contribution in [0.5, 0.6) is 0 Å². The van der Waals surface area contributed by atoms with Gasteiger partial charge in [-0.15, -0.1) is 24.8 Å². The zero-order valence-corrected chi connectivity index (χ0v) is 16.7. The quantitative estimate of drug-likeness (QED) is 0.501. The Morgan fingerprint density at radius 1 is 1.07 bits per heavy atom. The highest BCUT2D eigenvalue weighted by Gasteiger charge is 2.17. The number of amides is 2. The van der Waals surface area contributed by atoms with E-state index >= 15 is 0 Å². The molecule has 8 nitrogen and oxygen atoms in total. The van der Waals surface area contributed by atoms with Crippen molar-refractivity contribution in [2.75, 3.05) is 5.32 Å². The Hall–Kier alpha value is -2.82. The second-order valence-electron chi connectivity index (χ2n) is 5.25. The summed E-state index contributed by atoms with van der Waals surface area (Å²) in [6.07, 6.45) is 4.51. The molecule has 0 aliphatic carbocycles. The number of H-pyrrole nitrogens is 1. The lowest BCUT2D eigenvalue weighted by molar-refractivity contribution is 0.0944. The van der Waals surface area contributed by atoms with Gasteiger partial charge in [0.25, 0.3) is 11.8 Å². The van der Waals surface area contributed by atoms with Gasteiger partial charge < -0.3 is 10.6 Å². The van der Waals surface area contributed by atoms with Crippen LogP contribution in [0.1, 0.15) is 26.5 Å². The Kier molecular flexibility index (Phi) is 8.89. The number of nitrogens with zero attached hydrogens (tertiary/aromatic N) is 3. The summed E-state index contributed by atoms with van der Waals surface area (Å²) in [4.78, 5) is 32.1. The number of carbonyl (C=O) groups is 2. The molecule has 0 aliphatic heterocycles. The van der Waals surface area contributed by atoms with Gasteiger partial charge in [-0.3, -0.25) is 24.7 Å². The molecule has 0 saturated carbocycles. The number of aromatic nitrogens is 4. The molecule has 29 heavy (non-hydrogen) atoms. The lowest BCUT2D eigenvalue weighted by Gasteiger charge is -2.05. The first-order valence-electron chi connectivity index (χ1n) is 7.48. The molecule has 0 fully saturated rings. The lowest BCUT2D eigenvalue weighted by atomic mass is 10.2. The van der Waals surface area contributed by atoms with E-state index in [1.54, 1.807) is 0 Å². The maximum atomic E-state index is 13.3. The Bertz CT molecular complexity index is 1000. The minimum atomic E-state index is -1.21. The van der Waals surface area contributed by atoms with Crippen molar-refractivity contribution >= 4 is 54.0 Å². The Balaban J connectivity index is 0.00000210. The van der Waals surface area contributed by atoms with Crippen LogP contribution in [0.3, 0.4) is 0 Å². The number of aromatic amines is 1. The molecule has 3 aromatic rings. The summed E-state index contributed by atoms with van der Waals surface area (Å²) in [5.41, 5.74) is 0.365. The van der Waals surface area contributed by atoms with Gasteiger partial charge in [-0.1, -0.05) is 11.6 Å². The van der Waals surface area contributed by atoms with E-state index in [-0.39, 0.29) is 53.5 Å². The van der Waals surface area contributed by atoms with Gasteiger partial charge in [0.2, 0.25) is 0 Å². The summed E-state index contributed by atoms with van der Waals surface area (Å²) in [6.45, 7) is 0.151. The molecule has 0 unspecified atom stereocenters. The Labute approximate surface area is 180 Å². The van der Waals surface area contributed by atoms with Gasteiger partial charge in [0.05, 0.1) is 29.0 Å². The maximum Gasteiger partial charge on any atom is 0.269 e. The van der Waals surface area contributed by atoms with Crippen LogP contribution in [0.15, 0.2) is 36.8 Å². The fourth-order valence-corrected chi connectivity index (χ4v) is 2.31. The molecule has 0 radical (unpaired) electrons. The average Bonchev–Trinajstić information content (AvgIpc) is 3.12. The number of hydrogen-bond donors (Lipinski definition) is 3. The van der Waals surface area contributed by atoms with Crippen molar-refractivity contribution in [2.45, 2.75) is 6.54 Å². The summed E-state index contributed by atoms with van der Waals surface area (Å²) < 4.78 is 26.4. The van der Waals surface area contributed by atoms with Crippen LogP contribution in [0.25, 0.3) is 0 Å². The topological polar surface area (TPSA) is 113 Å². The van der Waals surface area contributed by atoms with Gasteiger partial charge in [0.1, 0.15) is 5.69 Å². The molecule has 2 heterocycles. The molecule has 0 spiro atoms. The maximum absolute atomic E-state index is 13.3. The van der Waals surface area contributed by atoms with Gasteiger partial charge in [-0.2, -0.15) is 5.10 Å². The van der Waals surface area contributed by atoms with Gasteiger partial charge in [0, 0.05) is 18.5 Å². The number of hydrogen-bond acceptors (Lipinski definition) is 5. The zero-order chi connectivity index (χ0) is 19.4. The fraction of sp³-hybridized carbons (Fsp3) is 0.0625. The van der Waals surface area contributed by atoms with Crippen molar-refractivity contribution in [1.82, 2.24) is 25.5 Å². The van der Waals surface area contributed by atoms with E-state index in [9.17, 15) is 18.4 Å². The summed E-state index contributed by atoms with van der Waals surface area (Å²) >= 11 is 5.75. The third-order valence-corrected chi connectivity index (χ3v) is 3.68. The van der Waals surface area contributed by atoms with Crippen LogP contribution >= 0.6 is 36.4 Å². The van der Waals surface area contributed by atoms with E-state index in [0.717, 1.165) is 0 Å². The highest BCUT2D eigenvalue weighted by molar-refractivity contribution is 6.34. The molecule has 2 amide bonds. The summed E-state index contributed by atoms with van der Waals surface area (Å²) in [5, 5.41) is 10.9. The predicted octanol–water partition coefficient (Wildman–Crippen LogP) is 3.16. The molecule has 13 heteroatoms. The molecular weight excluding hydrogens is 453 g/mol. The number of rotatable bonds is 5. The average molecular weight is 466 g/mol. The number of benzene rings is 1. The van der Waals surface area contributed by atoms with Crippen LogP contribution in [-0.2, 0) is 6.54 Å². The molecule has 3 N–H and O–H groups in total. The van der Waals surface area contributed by atoms with Crippen molar-refractivity contribution < 1.29 is 18.4 Å². The summed E-state index contributed by atoms with van der Waals surface area (Å²) in [5.74, 6) is -3.67. The third kappa shape index (κ3) is 6.08. The smallest absolute Gasteiger partial charge is 0.269 e. The molecular formula is C16H13Cl3F2N6O2. The molecule has 154 valence electrons. The number of carbonyl (C=O) groups excluding carboxylic acids is 2. The first-order chi connectivity index (χ1) is 12.9. The van der Waals surface area contributed by atoms with Crippen LogP contribution in [0.4, 0.5) is 14.6 Å². The monoisotopic (exact) mass is 464 g/mol. The van der Waals surface area contributed by atoms with E-state index in [0.29, 0.717) is 17.8 Å². The van der Waals surface area contributed by atoms with Gasteiger partial charge in [-0.25, -0.2) is 8.78 Å². The third-order valence-electron chi connectivity index (χ3n) is 3.37. The zero-order valence-electron chi connectivity index (χ0n) is 14.3. The number of halogens is 5. The molecule has 0 atom stereocenters. The normalized spacial score (nSPS) is 9.76. The van der Waals surface area contributed by atoms with Crippen molar-refractivity contribution in [1.29, 1.82) is 0 Å². The van der Waals surface area contributed by atoms with Crippen molar-refractivity contribution in [3.63, 3.8) is 0 Å². The minimum Gasteiger partial charge on any atom is -0.345 e. The Morgan fingerprint density at radius 3 is 2.48 bits per heavy atom. The minimum absolute atomic E-state index is 0. The summed E-state index contributed by atoms with van der Waals surface area (Å²) in [6, 6.07) is 2.65. The van der Waals surface area contributed by atoms with Crippen LogP contribution in [0, 0.1) is 11.6 Å². The van der Waals surface area contributed by atoms with E-state index in [2.05, 4.69) is 30.8 Å². The molecule has 2 aromatic heterocycles. The van der Waals surface area contributed by atoms with Gasteiger partial charge >= 0.3 is 0 Å². The van der Waals surface area contributed by atoms with E-state index in [1.165, 1.54) is 24.7 Å². The fourth-order valence-electron chi connectivity index (χ4n) is 2.07. The van der Waals surface area contributed by atoms with Crippen molar-refractivity contribution in [3.8, 4) is 0 Å². The first-order valence-corrected chi connectivity index (χ1v) is 7.86. The van der Waals surface area contributed by atoms with Gasteiger partial charge in [-0.05, 0) is 12.1 Å². The predicted molar refractivity (Wildman–Crippen MR) is 106 cm³/mol. The number of anilines is 1.